The van der Waals surface area contributed by atoms with Crippen molar-refractivity contribution in [2.75, 3.05) is 10.6 Å². The molecule has 6 nitrogen and oxygen atoms in total. The zero-order valence-corrected chi connectivity index (χ0v) is 15.9. The number of carbonyl (C=O) groups is 1. The van der Waals surface area contributed by atoms with Gasteiger partial charge < -0.3 is 10.6 Å². The molecule has 1 amide bonds. The lowest BCUT2D eigenvalue weighted by atomic mass is 10.2. The number of alkyl halides is 3. The Bertz CT molecular complexity index is 1070. The van der Waals surface area contributed by atoms with E-state index in [0.29, 0.717) is 15.7 Å². The minimum atomic E-state index is -4.60. The first kappa shape index (κ1) is 20.7. The Morgan fingerprint density at radius 3 is 2.31 bits per heavy atom. The van der Waals surface area contributed by atoms with Crippen LogP contribution in [0.3, 0.4) is 0 Å². The number of hydrogen-bond acceptors (Lipinski definition) is 2. The van der Waals surface area contributed by atoms with Crippen LogP contribution in [0.1, 0.15) is 16.1 Å². The third kappa shape index (κ3) is 5.72. The monoisotopic (exact) mass is 441 g/mol. The fourth-order valence-electron chi connectivity index (χ4n) is 2.23. The van der Waals surface area contributed by atoms with Crippen LogP contribution in [0.25, 0.3) is 0 Å². The SMILES string of the molecule is O=C(/N=C(/Nc1cccc(Cl)c1)Nc1cc(C(F)(F)F)[nH]n1)c1cccc(Cl)c1. The Morgan fingerprint density at radius 1 is 1.00 bits per heavy atom. The van der Waals surface area contributed by atoms with Crippen LogP contribution >= 0.6 is 23.2 Å². The summed E-state index contributed by atoms with van der Waals surface area (Å²) in [6.07, 6.45) is -4.60. The van der Waals surface area contributed by atoms with Gasteiger partial charge in [0.1, 0.15) is 5.69 Å². The number of aromatic amines is 1. The molecule has 0 aliphatic heterocycles. The highest BCUT2D eigenvalue weighted by Gasteiger charge is 2.33. The van der Waals surface area contributed by atoms with Crippen LogP contribution in [-0.2, 0) is 6.18 Å². The molecule has 150 valence electrons. The molecule has 0 bridgehead atoms. The van der Waals surface area contributed by atoms with Crippen LogP contribution in [0.4, 0.5) is 24.7 Å². The number of rotatable bonds is 3. The van der Waals surface area contributed by atoms with Crippen molar-refractivity contribution in [3.8, 4) is 0 Å². The van der Waals surface area contributed by atoms with Crippen LogP contribution in [0.5, 0.6) is 0 Å². The standard InChI is InChI=1S/C18H12Cl2F3N5O/c19-11-4-1-3-10(7-11)16(29)26-17(24-13-6-2-5-12(20)8-13)25-15-9-14(27-28-15)18(21,22)23/h1-9H,(H3,24,25,26,27,28,29). The lowest BCUT2D eigenvalue weighted by molar-refractivity contribution is -0.141. The number of amides is 1. The molecule has 0 saturated carbocycles. The Kier molecular flexibility index (Phi) is 6.09. The lowest BCUT2D eigenvalue weighted by Gasteiger charge is -2.11. The van der Waals surface area contributed by atoms with Gasteiger partial charge in [-0.05, 0) is 36.4 Å². The molecule has 0 aliphatic carbocycles. The molecule has 0 atom stereocenters. The Balaban J connectivity index is 1.90. The number of anilines is 2. The van der Waals surface area contributed by atoms with E-state index in [-0.39, 0.29) is 17.3 Å². The van der Waals surface area contributed by atoms with Crippen LogP contribution in [0.2, 0.25) is 10.0 Å². The number of carbonyl (C=O) groups excluding carboxylic acids is 1. The fourth-order valence-corrected chi connectivity index (χ4v) is 2.61. The van der Waals surface area contributed by atoms with Crippen molar-refractivity contribution in [2.24, 2.45) is 4.99 Å². The second-order valence-corrected chi connectivity index (χ2v) is 6.57. The largest absolute Gasteiger partial charge is 0.432 e. The van der Waals surface area contributed by atoms with E-state index in [4.69, 9.17) is 23.2 Å². The summed E-state index contributed by atoms with van der Waals surface area (Å²) in [7, 11) is 0. The number of aromatic nitrogens is 2. The second kappa shape index (κ2) is 8.54. The maximum atomic E-state index is 12.8. The molecule has 11 heteroatoms. The number of hydrogen-bond donors (Lipinski definition) is 3. The summed E-state index contributed by atoms with van der Waals surface area (Å²) >= 11 is 11.8. The molecule has 3 N–H and O–H groups in total. The quantitative estimate of drug-likeness (QED) is 0.372. The van der Waals surface area contributed by atoms with Crippen LogP contribution in [0.15, 0.2) is 59.6 Å². The highest BCUT2D eigenvalue weighted by atomic mass is 35.5. The smallest absolute Gasteiger partial charge is 0.326 e. The topological polar surface area (TPSA) is 82.2 Å². The summed E-state index contributed by atoms with van der Waals surface area (Å²) in [6.45, 7) is 0. The van der Waals surface area contributed by atoms with Gasteiger partial charge in [0, 0.05) is 27.4 Å². The Hall–Kier alpha value is -3.04. The number of benzene rings is 2. The van der Waals surface area contributed by atoms with Gasteiger partial charge in [-0.1, -0.05) is 35.3 Å². The summed E-state index contributed by atoms with van der Waals surface area (Å²) in [4.78, 5) is 16.4. The van der Waals surface area contributed by atoms with Gasteiger partial charge in [0.2, 0.25) is 5.96 Å². The number of nitrogens with zero attached hydrogens (tertiary/aromatic N) is 2. The summed E-state index contributed by atoms with van der Waals surface area (Å²) in [6, 6.07) is 13.3. The van der Waals surface area contributed by atoms with E-state index in [1.807, 2.05) is 5.10 Å². The van der Waals surface area contributed by atoms with Gasteiger partial charge in [-0.3, -0.25) is 9.89 Å². The summed E-state index contributed by atoms with van der Waals surface area (Å²) < 4.78 is 38.3. The molecule has 1 aromatic heterocycles. The van der Waals surface area contributed by atoms with Crippen molar-refractivity contribution >= 4 is 46.6 Å². The normalized spacial score (nSPS) is 12.0. The Labute approximate surface area is 172 Å². The van der Waals surface area contributed by atoms with Crippen LogP contribution in [0, 0.1) is 0 Å². The van der Waals surface area contributed by atoms with E-state index < -0.39 is 17.8 Å². The molecule has 0 radical (unpaired) electrons. The van der Waals surface area contributed by atoms with Gasteiger partial charge in [-0.15, -0.1) is 0 Å². The molecule has 2 aromatic carbocycles. The van der Waals surface area contributed by atoms with Gasteiger partial charge in [0.05, 0.1) is 0 Å². The third-order valence-electron chi connectivity index (χ3n) is 3.50. The zero-order valence-electron chi connectivity index (χ0n) is 14.4. The molecule has 0 fully saturated rings. The van der Waals surface area contributed by atoms with Crippen molar-refractivity contribution in [2.45, 2.75) is 6.18 Å². The summed E-state index contributed by atoms with van der Waals surface area (Å²) in [5.74, 6) is -1.02. The van der Waals surface area contributed by atoms with Gasteiger partial charge in [0.25, 0.3) is 5.91 Å². The predicted octanol–water partition coefficient (Wildman–Crippen LogP) is 5.46. The fraction of sp³-hybridized carbons (Fsp3) is 0.0556. The van der Waals surface area contributed by atoms with Gasteiger partial charge in [-0.2, -0.15) is 23.3 Å². The highest BCUT2D eigenvalue weighted by molar-refractivity contribution is 6.31. The maximum absolute atomic E-state index is 12.8. The first-order chi connectivity index (χ1) is 13.7. The average molecular weight is 442 g/mol. The molecule has 29 heavy (non-hydrogen) atoms. The maximum Gasteiger partial charge on any atom is 0.432 e. The van der Waals surface area contributed by atoms with Crippen molar-refractivity contribution in [3.63, 3.8) is 0 Å². The molecule has 3 rings (SSSR count). The van der Waals surface area contributed by atoms with E-state index in [2.05, 4.69) is 20.7 Å². The lowest BCUT2D eigenvalue weighted by Crippen LogP contribution is -2.24. The minimum Gasteiger partial charge on any atom is -0.326 e. The van der Waals surface area contributed by atoms with Crippen molar-refractivity contribution in [1.29, 1.82) is 0 Å². The number of nitrogens with one attached hydrogen (secondary N) is 3. The van der Waals surface area contributed by atoms with E-state index in [9.17, 15) is 18.0 Å². The van der Waals surface area contributed by atoms with Gasteiger partial charge in [0.15, 0.2) is 5.82 Å². The molecule has 0 aliphatic rings. The second-order valence-electron chi connectivity index (χ2n) is 5.70. The average Bonchev–Trinajstić information content (AvgIpc) is 3.10. The third-order valence-corrected chi connectivity index (χ3v) is 3.97. The van der Waals surface area contributed by atoms with Crippen LogP contribution < -0.4 is 10.6 Å². The molecule has 0 saturated heterocycles. The number of halogens is 5. The number of H-pyrrole nitrogens is 1. The molecule has 1 heterocycles. The predicted molar refractivity (Wildman–Crippen MR) is 106 cm³/mol. The Morgan fingerprint density at radius 2 is 1.69 bits per heavy atom. The molecule has 0 spiro atoms. The molecule has 0 unspecified atom stereocenters. The zero-order chi connectivity index (χ0) is 21.0. The highest BCUT2D eigenvalue weighted by Crippen LogP contribution is 2.28. The van der Waals surface area contributed by atoms with Crippen molar-refractivity contribution in [3.05, 3.63) is 75.9 Å². The molecule has 3 aromatic rings. The van der Waals surface area contributed by atoms with E-state index >= 15 is 0 Å². The molecular weight excluding hydrogens is 430 g/mol. The summed E-state index contributed by atoms with van der Waals surface area (Å²) in [5.41, 5.74) is -0.403. The van der Waals surface area contributed by atoms with Gasteiger partial charge >= 0.3 is 6.18 Å². The molecular formula is C18H12Cl2F3N5O. The van der Waals surface area contributed by atoms with E-state index in [1.54, 1.807) is 36.4 Å². The van der Waals surface area contributed by atoms with Crippen molar-refractivity contribution in [1.82, 2.24) is 10.2 Å². The number of guanidine groups is 1. The minimum absolute atomic E-state index is 0.155. The summed E-state index contributed by atoms with van der Waals surface area (Å²) in [5, 5.41) is 11.5. The first-order valence-corrected chi connectivity index (χ1v) is 8.77. The van der Waals surface area contributed by atoms with Crippen LogP contribution in [-0.4, -0.2) is 22.1 Å². The van der Waals surface area contributed by atoms with Crippen molar-refractivity contribution < 1.29 is 18.0 Å². The van der Waals surface area contributed by atoms with Gasteiger partial charge in [-0.25, -0.2) is 0 Å². The first-order valence-electron chi connectivity index (χ1n) is 8.01. The number of aliphatic imine (C=N–C) groups is 1. The van der Waals surface area contributed by atoms with E-state index in [0.717, 1.165) is 6.07 Å². The van der Waals surface area contributed by atoms with E-state index in [1.165, 1.54) is 12.1 Å².